The van der Waals surface area contributed by atoms with Gasteiger partial charge in [0.05, 0.1) is 32.2 Å². The van der Waals surface area contributed by atoms with Gasteiger partial charge in [-0.2, -0.15) is 5.10 Å². The Kier molecular flexibility index (Phi) is 3.57. The number of pyridine rings is 1. The van der Waals surface area contributed by atoms with Crippen LogP contribution in [0, 0.1) is 0 Å². The third kappa shape index (κ3) is 2.36. The van der Waals surface area contributed by atoms with E-state index in [2.05, 4.69) is 20.5 Å². The fourth-order valence-corrected chi connectivity index (χ4v) is 3.07. The van der Waals surface area contributed by atoms with Crippen LogP contribution >= 0.6 is 0 Å². The second kappa shape index (κ2) is 5.88. The summed E-state index contributed by atoms with van der Waals surface area (Å²) >= 11 is 0. The van der Waals surface area contributed by atoms with Crippen molar-refractivity contribution in [2.24, 2.45) is 0 Å². The summed E-state index contributed by atoms with van der Waals surface area (Å²) in [6.07, 6.45) is 2.61. The van der Waals surface area contributed by atoms with Crippen molar-refractivity contribution in [2.75, 3.05) is 19.5 Å². The van der Waals surface area contributed by atoms with E-state index in [1.165, 1.54) is 5.56 Å². The lowest BCUT2D eigenvalue weighted by Gasteiger charge is -2.10. The topological polar surface area (TPSA) is 72.1 Å². The third-order valence-electron chi connectivity index (χ3n) is 4.27. The van der Waals surface area contributed by atoms with E-state index in [1.807, 2.05) is 30.3 Å². The lowest BCUT2D eigenvalue weighted by Crippen LogP contribution is -2.03. The summed E-state index contributed by atoms with van der Waals surface area (Å²) in [5.74, 6) is 2.40. The first kappa shape index (κ1) is 14.6. The van der Waals surface area contributed by atoms with Crippen LogP contribution in [0.5, 0.6) is 11.5 Å². The Morgan fingerprint density at radius 3 is 2.75 bits per heavy atom. The molecule has 0 aliphatic heterocycles. The highest BCUT2D eigenvalue weighted by atomic mass is 16.5. The van der Waals surface area contributed by atoms with Crippen molar-refractivity contribution in [3.8, 4) is 22.8 Å². The molecule has 122 valence electrons. The average molecular weight is 322 g/mol. The number of rotatable bonds is 5. The number of anilines is 1. The molecule has 6 heteroatoms. The molecule has 6 nitrogen and oxygen atoms in total. The zero-order chi connectivity index (χ0) is 16.5. The van der Waals surface area contributed by atoms with Crippen molar-refractivity contribution in [1.29, 1.82) is 0 Å². The van der Waals surface area contributed by atoms with Gasteiger partial charge in [-0.3, -0.25) is 10.1 Å². The number of benzene rings is 1. The highest BCUT2D eigenvalue weighted by Crippen LogP contribution is 2.43. The van der Waals surface area contributed by atoms with Gasteiger partial charge < -0.3 is 14.8 Å². The van der Waals surface area contributed by atoms with Crippen molar-refractivity contribution in [1.82, 2.24) is 15.2 Å². The van der Waals surface area contributed by atoms with E-state index in [0.29, 0.717) is 6.54 Å². The van der Waals surface area contributed by atoms with Gasteiger partial charge in [-0.05, 0) is 29.8 Å². The fourth-order valence-electron chi connectivity index (χ4n) is 3.07. The predicted octanol–water partition coefficient (Wildman–Crippen LogP) is 3.01. The molecular formula is C18H18N4O2. The molecule has 0 spiro atoms. The zero-order valence-electron chi connectivity index (χ0n) is 13.6. The van der Waals surface area contributed by atoms with Crippen LogP contribution in [0.4, 0.5) is 5.82 Å². The second-order valence-electron chi connectivity index (χ2n) is 5.64. The Bertz CT molecular complexity index is 874. The zero-order valence-corrected chi connectivity index (χ0v) is 13.6. The summed E-state index contributed by atoms with van der Waals surface area (Å²) in [6, 6.07) is 9.90. The highest BCUT2D eigenvalue weighted by molar-refractivity contribution is 5.80. The summed E-state index contributed by atoms with van der Waals surface area (Å²) < 4.78 is 10.8. The van der Waals surface area contributed by atoms with Crippen molar-refractivity contribution >= 4 is 5.82 Å². The molecule has 2 heterocycles. The first-order chi connectivity index (χ1) is 11.8. The largest absolute Gasteiger partial charge is 0.493 e. The van der Waals surface area contributed by atoms with Gasteiger partial charge in [-0.1, -0.05) is 6.07 Å². The molecule has 0 amide bonds. The van der Waals surface area contributed by atoms with E-state index in [0.717, 1.165) is 46.3 Å². The number of H-pyrrole nitrogens is 1. The number of aromatic nitrogens is 3. The molecule has 0 atom stereocenters. The van der Waals surface area contributed by atoms with Crippen LogP contribution in [-0.4, -0.2) is 29.4 Å². The lowest BCUT2D eigenvalue weighted by atomic mass is 10.1. The highest BCUT2D eigenvalue weighted by Gasteiger charge is 2.26. The lowest BCUT2D eigenvalue weighted by molar-refractivity contribution is 0.355. The maximum atomic E-state index is 5.40. The molecule has 0 bridgehead atoms. The van der Waals surface area contributed by atoms with Gasteiger partial charge in [-0.15, -0.1) is 0 Å². The smallest absolute Gasteiger partial charge is 0.161 e. The fraction of sp³-hybridized carbons (Fsp3) is 0.222. The first-order valence-corrected chi connectivity index (χ1v) is 7.76. The quantitative estimate of drug-likeness (QED) is 0.591. The summed E-state index contributed by atoms with van der Waals surface area (Å²) in [6.45, 7) is 0.651. The number of hydrogen-bond donors (Lipinski definition) is 2. The van der Waals surface area contributed by atoms with Crippen LogP contribution in [0.2, 0.25) is 0 Å². The van der Waals surface area contributed by atoms with Crippen molar-refractivity contribution in [2.45, 2.75) is 13.0 Å². The molecule has 1 aliphatic carbocycles. The number of ether oxygens (including phenoxy) is 2. The molecule has 1 aliphatic rings. The molecule has 4 rings (SSSR count). The maximum absolute atomic E-state index is 5.40. The van der Waals surface area contributed by atoms with Crippen LogP contribution in [0.15, 0.2) is 36.5 Å². The predicted molar refractivity (Wildman–Crippen MR) is 91.5 cm³/mol. The molecule has 1 aromatic carbocycles. The molecule has 0 saturated carbocycles. The van der Waals surface area contributed by atoms with Gasteiger partial charge in [0.15, 0.2) is 11.5 Å². The molecule has 2 N–H and O–H groups in total. The van der Waals surface area contributed by atoms with Gasteiger partial charge >= 0.3 is 0 Å². The Morgan fingerprint density at radius 1 is 1.17 bits per heavy atom. The number of aromatic amines is 1. The Morgan fingerprint density at radius 2 is 2.00 bits per heavy atom. The Labute approximate surface area is 139 Å². The van der Waals surface area contributed by atoms with E-state index in [1.54, 1.807) is 20.4 Å². The molecule has 24 heavy (non-hydrogen) atoms. The van der Waals surface area contributed by atoms with Gasteiger partial charge in [0.1, 0.15) is 5.82 Å². The van der Waals surface area contributed by atoms with Crippen LogP contribution in [0.3, 0.4) is 0 Å². The molecular weight excluding hydrogens is 304 g/mol. The summed E-state index contributed by atoms with van der Waals surface area (Å²) in [5, 5.41) is 11.0. The molecule has 0 saturated heterocycles. The number of nitrogens with zero attached hydrogens (tertiary/aromatic N) is 2. The average Bonchev–Trinajstić information content (AvgIpc) is 3.18. The summed E-state index contributed by atoms with van der Waals surface area (Å²) in [4.78, 5) is 4.33. The van der Waals surface area contributed by atoms with E-state index in [-0.39, 0.29) is 0 Å². The van der Waals surface area contributed by atoms with Crippen molar-refractivity contribution in [3.63, 3.8) is 0 Å². The van der Waals surface area contributed by atoms with Crippen LogP contribution in [0.1, 0.15) is 16.8 Å². The van der Waals surface area contributed by atoms with E-state index < -0.39 is 0 Å². The normalized spacial score (nSPS) is 11.8. The van der Waals surface area contributed by atoms with Crippen LogP contribution < -0.4 is 14.8 Å². The summed E-state index contributed by atoms with van der Waals surface area (Å²) in [7, 11) is 3.29. The number of hydrogen-bond acceptors (Lipinski definition) is 5. The maximum Gasteiger partial charge on any atom is 0.161 e. The number of methoxy groups -OCH3 is 2. The Hall–Kier alpha value is -3.02. The second-order valence-corrected chi connectivity index (χ2v) is 5.64. The molecule has 0 fully saturated rings. The standard InChI is InChI=1S/C18H18N4O2/c1-23-15-8-11-7-14-17(13(11)9-16(15)24-2)21-22-18(14)20-10-12-5-3-4-6-19-12/h3-6,8-9H,7,10H2,1-2H3,(H2,20,21,22). The van der Waals surface area contributed by atoms with Crippen molar-refractivity contribution in [3.05, 3.63) is 53.3 Å². The minimum Gasteiger partial charge on any atom is -0.493 e. The Balaban J connectivity index is 1.62. The van der Waals surface area contributed by atoms with Gasteiger partial charge in [0.2, 0.25) is 0 Å². The molecule has 3 aromatic rings. The first-order valence-electron chi connectivity index (χ1n) is 7.76. The minimum atomic E-state index is 0.651. The van der Waals surface area contributed by atoms with Gasteiger partial charge in [0, 0.05) is 23.7 Å². The summed E-state index contributed by atoms with van der Waals surface area (Å²) in [5.41, 5.74) is 5.40. The van der Waals surface area contributed by atoms with Crippen LogP contribution in [0.25, 0.3) is 11.3 Å². The third-order valence-corrected chi connectivity index (χ3v) is 4.27. The molecule has 2 aromatic heterocycles. The number of nitrogens with one attached hydrogen (secondary N) is 2. The van der Waals surface area contributed by atoms with Gasteiger partial charge in [0.25, 0.3) is 0 Å². The molecule has 0 radical (unpaired) electrons. The van der Waals surface area contributed by atoms with Crippen molar-refractivity contribution < 1.29 is 9.47 Å². The van der Waals surface area contributed by atoms with Crippen LogP contribution in [-0.2, 0) is 13.0 Å². The van der Waals surface area contributed by atoms with E-state index in [9.17, 15) is 0 Å². The number of fused-ring (bicyclic) bond motifs is 3. The minimum absolute atomic E-state index is 0.651. The SMILES string of the molecule is COc1cc2c(cc1OC)-c1n[nH]c(NCc3ccccn3)c1C2. The van der Waals surface area contributed by atoms with E-state index >= 15 is 0 Å². The van der Waals surface area contributed by atoms with Gasteiger partial charge in [-0.25, -0.2) is 0 Å². The van der Waals surface area contributed by atoms with E-state index in [4.69, 9.17) is 9.47 Å². The molecule has 0 unspecified atom stereocenters. The monoisotopic (exact) mass is 322 g/mol.